The van der Waals surface area contributed by atoms with E-state index in [9.17, 15) is 0 Å². The number of rotatable bonds is 11. The molecule has 0 aliphatic rings. The van der Waals surface area contributed by atoms with Gasteiger partial charge in [0.2, 0.25) is 0 Å². The molecule has 104 valence electrons. The summed E-state index contributed by atoms with van der Waals surface area (Å²) in [6.45, 7) is 6.79. The summed E-state index contributed by atoms with van der Waals surface area (Å²) in [6.07, 6.45) is 1.95. The van der Waals surface area contributed by atoms with E-state index in [2.05, 4.69) is 17.3 Å². The number of anilines is 1. The van der Waals surface area contributed by atoms with Crippen LogP contribution in [0.3, 0.4) is 0 Å². The van der Waals surface area contributed by atoms with Crippen LogP contribution in [0.2, 0.25) is 0 Å². The molecule has 18 heavy (non-hydrogen) atoms. The molecule has 1 aromatic heterocycles. The van der Waals surface area contributed by atoms with E-state index in [-0.39, 0.29) is 0 Å². The van der Waals surface area contributed by atoms with Crippen LogP contribution in [0.1, 0.15) is 6.92 Å². The number of hydrogen-bond donors (Lipinski definition) is 1. The molecule has 6 nitrogen and oxygen atoms in total. The fourth-order valence-corrected chi connectivity index (χ4v) is 1.35. The largest absolute Gasteiger partial charge is 0.382 e. The first kappa shape index (κ1) is 14.9. The zero-order valence-corrected chi connectivity index (χ0v) is 11.2. The number of aryl methyl sites for hydroxylation is 1. The first-order valence-corrected chi connectivity index (χ1v) is 6.28. The Labute approximate surface area is 108 Å². The van der Waals surface area contributed by atoms with Crippen LogP contribution in [0.15, 0.2) is 12.3 Å². The number of aromatic nitrogens is 2. The third-order valence-electron chi connectivity index (χ3n) is 2.32. The van der Waals surface area contributed by atoms with Gasteiger partial charge in [-0.2, -0.15) is 5.10 Å². The van der Waals surface area contributed by atoms with Gasteiger partial charge in [-0.05, 0) is 6.92 Å². The average molecular weight is 257 g/mol. The molecule has 0 atom stereocenters. The lowest BCUT2D eigenvalue weighted by atomic mass is 10.6. The summed E-state index contributed by atoms with van der Waals surface area (Å²) in [7, 11) is 1.66. The second-order valence-electron chi connectivity index (χ2n) is 3.70. The van der Waals surface area contributed by atoms with Gasteiger partial charge in [0.1, 0.15) is 5.82 Å². The lowest BCUT2D eigenvalue weighted by Gasteiger charge is -2.06. The second kappa shape index (κ2) is 9.87. The predicted molar refractivity (Wildman–Crippen MR) is 69.9 cm³/mol. The van der Waals surface area contributed by atoms with Crippen molar-refractivity contribution < 1.29 is 14.2 Å². The van der Waals surface area contributed by atoms with E-state index in [1.807, 2.05) is 16.9 Å². The maximum absolute atomic E-state index is 5.41. The normalized spacial score (nSPS) is 10.8. The molecule has 1 N–H and O–H groups in total. The molecule has 0 radical (unpaired) electrons. The molecule has 1 rings (SSSR count). The summed E-state index contributed by atoms with van der Waals surface area (Å²) in [5.74, 6) is 0.886. The average Bonchev–Trinajstić information content (AvgIpc) is 2.85. The quantitative estimate of drug-likeness (QED) is 0.599. The molecular formula is C12H23N3O3. The zero-order valence-electron chi connectivity index (χ0n) is 11.2. The Morgan fingerprint density at radius 2 is 1.89 bits per heavy atom. The molecular weight excluding hydrogens is 234 g/mol. The molecule has 0 saturated carbocycles. The highest BCUT2D eigenvalue weighted by Crippen LogP contribution is 2.00. The Bertz CT molecular complexity index is 305. The second-order valence-corrected chi connectivity index (χ2v) is 3.70. The standard InChI is InChI=1S/C12H23N3O3/c1-3-15-6-4-12(14-15)13-5-7-17-10-11-18-9-8-16-2/h4,6H,3,5,7-11H2,1-2H3,(H,13,14). The van der Waals surface area contributed by atoms with Crippen LogP contribution in [0.4, 0.5) is 5.82 Å². The van der Waals surface area contributed by atoms with E-state index >= 15 is 0 Å². The fourth-order valence-electron chi connectivity index (χ4n) is 1.35. The number of nitrogens with zero attached hydrogens (tertiary/aromatic N) is 2. The van der Waals surface area contributed by atoms with Crippen LogP contribution >= 0.6 is 0 Å². The third kappa shape index (κ3) is 6.58. The Balaban J connectivity index is 1.89. The van der Waals surface area contributed by atoms with Crippen molar-refractivity contribution in [3.63, 3.8) is 0 Å². The molecule has 0 bridgehead atoms. The van der Waals surface area contributed by atoms with Gasteiger partial charge < -0.3 is 19.5 Å². The van der Waals surface area contributed by atoms with Crippen molar-refractivity contribution in [2.24, 2.45) is 0 Å². The molecule has 0 aromatic carbocycles. The first-order chi connectivity index (χ1) is 8.86. The van der Waals surface area contributed by atoms with E-state index < -0.39 is 0 Å². The summed E-state index contributed by atoms with van der Waals surface area (Å²) in [6, 6.07) is 1.96. The molecule has 0 amide bonds. The lowest BCUT2D eigenvalue weighted by molar-refractivity contribution is 0.0272. The molecule has 0 unspecified atom stereocenters. The van der Waals surface area contributed by atoms with Crippen LogP contribution in [0.5, 0.6) is 0 Å². The highest BCUT2D eigenvalue weighted by Gasteiger charge is 1.96. The number of nitrogens with one attached hydrogen (secondary N) is 1. The van der Waals surface area contributed by atoms with Crippen molar-refractivity contribution in [1.29, 1.82) is 0 Å². The van der Waals surface area contributed by atoms with Crippen molar-refractivity contribution in [3.05, 3.63) is 12.3 Å². The summed E-state index contributed by atoms with van der Waals surface area (Å²) in [5, 5.41) is 7.50. The van der Waals surface area contributed by atoms with Crippen LogP contribution in [0, 0.1) is 0 Å². The summed E-state index contributed by atoms with van der Waals surface area (Å²) in [4.78, 5) is 0. The number of ether oxygens (including phenoxy) is 3. The molecule has 0 fully saturated rings. The number of methoxy groups -OCH3 is 1. The topological polar surface area (TPSA) is 57.5 Å². The third-order valence-corrected chi connectivity index (χ3v) is 2.32. The molecule has 1 heterocycles. The molecule has 0 aliphatic carbocycles. The van der Waals surface area contributed by atoms with Gasteiger partial charge in [-0.1, -0.05) is 0 Å². The molecule has 0 aliphatic heterocycles. The van der Waals surface area contributed by atoms with Gasteiger partial charge >= 0.3 is 0 Å². The van der Waals surface area contributed by atoms with E-state index in [0.717, 1.165) is 18.9 Å². The summed E-state index contributed by atoms with van der Waals surface area (Å²) in [5.41, 5.74) is 0. The molecule has 1 aromatic rings. The van der Waals surface area contributed by atoms with Crippen molar-refractivity contribution in [3.8, 4) is 0 Å². The minimum atomic E-state index is 0.605. The van der Waals surface area contributed by atoms with Crippen molar-refractivity contribution in [2.75, 3.05) is 52.0 Å². The van der Waals surface area contributed by atoms with Gasteiger partial charge in [-0.15, -0.1) is 0 Å². The summed E-state index contributed by atoms with van der Waals surface area (Å²) >= 11 is 0. The lowest BCUT2D eigenvalue weighted by Crippen LogP contribution is -2.14. The maximum Gasteiger partial charge on any atom is 0.148 e. The monoisotopic (exact) mass is 257 g/mol. The van der Waals surface area contributed by atoms with Crippen molar-refractivity contribution >= 4 is 5.82 Å². The highest BCUT2D eigenvalue weighted by atomic mass is 16.5. The van der Waals surface area contributed by atoms with Gasteiger partial charge in [0.05, 0.1) is 33.0 Å². The van der Waals surface area contributed by atoms with Gasteiger partial charge in [0.15, 0.2) is 0 Å². The van der Waals surface area contributed by atoms with Gasteiger partial charge in [-0.25, -0.2) is 0 Å². The van der Waals surface area contributed by atoms with Crippen LogP contribution < -0.4 is 5.32 Å². The van der Waals surface area contributed by atoms with Crippen LogP contribution in [-0.2, 0) is 20.8 Å². The molecule has 6 heteroatoms. The maximum atomic E-state index is 5.41. The Morgan fingerprint density at radius 3 is 2.56 bits per heavy atom. The Morgan fingerprint density at radius 1 is 1.17 bits per heavy atom. The van der Waals surface area contributed by atoms with Crippen LogP contribution in [-0.4, -0.2) is 56.5 Å². The first-order valence-electron chi connectivity index (χ1n) is 6.28. The highest BCUT2D eigenvalue weighted by molar-refractivity contribution is 5.31. The predicted octanol–water partition coefficient (Wildman–Crippen LogP) is 0.994. The van der Waals surface area contributed by atoms with E-state index in [1.54, 1.807) is 7.11 Å². The Kier molecular flexibility index (Phi) is 8.20. The zero-order chi connectivity index (χ0) is 13.1. The van der Waals surface area contributed by atoms with Gasteiger partial charge in [0.25, 0.3) is 0 Å². The van der Waals surface area contributed by atoms with Crippen molar-refractivity contribution in [2.45, 2.75) is 13.5 Å². The SMILES string of the molecule is CCn1ccc(NCCOCCOCCOC)n1. The van der Waals surface area contributed by atoms with Crippen molar-refractivity contribution in [1.82, 2.24) is 9.78 Å². The van der Waals surface area contributed by atoms with E-state index in [4.69, 9.17) is 14.2 Å². The minimum Gasteiger partial charge on any atom is -0.382 e. The minimum absolute atomic E-state index is 0.605. The van der Waals surface area contributed by atoms with E-state index in [1.165, 1.54) is 0 Å². The molecule has 0 saturated heterocycles. The number of hydrogen-bond acceptors (Lipinski definition) is 5. The van der Waals surface area contributed by atoms with Crippen LogP contribution in [0.25, 0.3) is 0 Å². The smallest absolute Gasteiger partial charge is 0.148 e. The van der Waals surface area contributed by atoms with Gasteiger partial charge in [-0.3, -0.25) is 4.68 Å². The Hall–Kier alpha value is -1.11. The fraction of sp³-hybridized carbons (Fsp3) is 0.750. The van der Waals surface area contributed by atoms with E-state index in [0.29, 0.717) is 33.0 Å². The summed E-state index contributed by atoms with van der Waals surface area (Å²) < 4.78 is 17.4. The molecule has 0 spiro atoms. The van der Waals surface area contributed by atoms with Gasteiger partial charge in [0, 0.05) is 32.5 Å².